The van der Waals surface area contributed by atoms with Crippen molar-refractivity contribution in [2.75, 3.05) is 18.6 Å². The third kappa shape index (κ3) is 2.76. The van der Waals surface area contributed by atoms with Crippen LogP contribution in [0.4, 0.5) is 0 Å². The van der Waals surface area contributed by atoms with E-state index in [1.807, 2.05) is 11.8 Å². The van der Waals surface area contributed by atoms with E-state index >= 15 is 0 Å². The summed E-state index contributed by atoms with van der Waals surface area (Å²) >= 11 is 2.03. The fourth-order valence-corrected chi connectivity index (χ4v) is 3.95. The van der Waals surface area contributed by atoms with Gasteiger partial charge in [0.2, 0.25) is 0 Å². The lowest BCUT2D eigenvalue weighted by atomic mass is 10.0. The highest BCUT2D eigenvalue weighted by molar-refractivity contribution is 7.99. The van der Waals surface area contributed by atoms with Crippen molar-refractivity contribution in [2.24, 2.45) is 0 Å². The molecule has 0 aromatic rings. The minimum atomic E-state index is 0.233. The van der Waals surface area contributed by atoms with E-state index in [4.69, 9.17) is 0 Å². The lowest BCUT2D eigenvalue weighted by Gasteiger charge is -2.30. The predicted molar refractivity (Wildman–Crippen MR) is 65.4 cm³/mol. The van der Waals surface area contributed by atoms with E-state index < -0.39 is 0 Å². The van der Waals surface area contributed by atoms with Crippen LogP contribution in [0, 0.1) is 0 Å². The van der Waals surface area contributed by atoms with Gasteiger partial charge < -0.3 is 0 Å². The van der Waals surface area contributed by atoms with Crippen LogP contribution in [0.15, 0.2) is 0 Å². The molecule has 1 saturated carbocycles. The molecule has 2 aliphatic rings. The zero-order valence-corrected chi connectivity index (χ0v) is 10.4. The number of carbonyl (C=O) groups excluding carboxylic acids is 1. The van der Waals surface area contributed by atoms with Crippen molar-refractivity contribution < 1.29 is 4.79 Å². The second-order valence-electron chi connectivity index (χ2n) is 4.76. The number of likely N-dealkylation sites (N-methyl/N-ethyl adjacent to an activating group) is 1. The fraction of sp³-hybridized carbons (Fsp3) is 0.917. The van der Waals surface area contributed by atoms with Gasteiger partial charge in [0.15, 0.2) is 0 Å². The van der Waals surface area contributed by atoms with Gasteiger partial charge in [0, 0.05) is 18.2 Å². The van der Waals surface area contributed by atoms with Gasteiger partial charge in [0.1, 0.15) is 5.78 Å². The molecule has 0 spiro atoms. The first-order valence-electron chi connectivity index (χ1n) is 6.11. The smallest absolute Gasteiger partial charge is 0.149 e. The van der Waals surface area contributed by atoms with Crippen LogP contribution in [0.25, 0.3) is 0 Å². The fourth-order valence-electron chi connectivity index (χ4n) is 2.67. The Labute approximate surface area is 96.8 Å². The van der Waals surface area contributed by atoms with Gasteiger partial charge in [-0.05, 0) is 32.1 Å². The number of rotatable bonds is 2. The summed E-state index contributed by atoms with van der Waals surface area (Å²) in [4.78, 5) is 14.3. The van der Waals surface area contributed by atoms with Gasteiger partial charge in [-0.25, -0.2) is 0 Å². The maximum atomic E-state index is 12.0. The molecule has 1 saturated heterocycles. The summed E-state index contributed by atoms with van der Waals surface area (Å²) in [6.45, 7) is 0. The van der Waals surface area contributed by atoms with Gasteiger partial charge in [-0.3, -0.25) is 9.69 Å². The normalized spacial score (nSPS) is 33.3. The topological polar surface area (TPSA) is 20.3 Å². The van der Waals surface area contributed by atoms with Crippen molar-refractivity contribution in [3.05, 3.63) is 0 Å². The molecule has 1 heterocycles. The van der Waals surface area contributed by atoms with E-state index in [1.54, 1.807) is 0 Å². The lowest BCUT2D eigenvalue weighted by Crippen LogP contribution is -2.44. The zero-order chi connectivity index (χ0) is 10.7. The van der Waals surface area contributed by atoms with Crippen LogP contribution in [-0.4, -0.2) is 41.3 Å². The van der Waals surface area contributed by atoms with E-state index in [0.717, 1.165) is 19.3 Å². The average Bonchev–Trinajstić information content (AvgIpc) is 2.68. The quantitative estimate of drug-likeness (QED) is 0.675. The standard InChI is InChI=1S/C12H21NOS/c1-13(10-7-8-15-9-10)11-5-3-2-4-6-12(11)14/h10-11H,2-9H2,1H3. The second-order valence-corrected chi connectivity index (χ2v) is 5.91. The number of Topliss-reactive ketones (excluding diaryl/α,β-unsaturated/α-hetero) is 1. The molecule has 0 N–H and O–H groups in total. The van der Waals surface area contributed by atoms with Crippen molar-refractivity contribution >= 4 is 17.5 Å². The maximum absolute atomic E-state index is 12.0. The molecule has 0 amide bonds. The SMILES string of the molecule is CN(C1CCSC1)C1CCCCCC1=O. The Hall–Kier alpha value is -0.0200. The van der Waals surface area contributed by atoms with Gasteiger partial charge in [-0.15, -0.1) is 0 Å². The first-order valence-corrected chi connectivity index (χ1v) is 7.27. The molecule has 3 heteroatoms. The van der Waals surface area contributed by atoms with Gasteiger partial charge in [-0.1, -0.05) is 12.8 Å². The molecule has 2 rings (SSSR count). The Bertz CT molecular complexity index is 226. The molecule has 2 nitrogen and oxygen atoms in total. The lowest BCUT2D eigenvalue weighted by molar-refractivity contribution is -0.124. The summed E-state index contributed by atoms with van der Waals surface area (Å²) in [7, 11) is 2.16. The van der Waals surface area contributed by atoms with E-state index in [2.05, 4.69) is 11.9 Å². The monoisotopic (exact) mass is 227 g/mol. The number of hydrogen-bond donors (Lipinski definition) is 0. The first kappa shape index (κ1) is 11.5. The summed E-state index contributed by atoms with van der Waals surface area (Å²) < 4.78 is 0. The van der Waals surface area contributed by atoms with Crippen molar-refractivity contribution in [1.29, 1.82) is 0 Å². The van der Waals surface area contributed by atoms with Crippen molar-refractivity contribution in [2.45, 2.75) is 50.6 Å². The summed E-state index contributed by atoms with van der Waals surface area (Å²) in [6.07, 6.45) is 6.77. The Kier molecular flexibility index (Phi) is 4.09. The Balaban J connectivity index is 1.96. The van der Waals surface area contributed by atoms with E-state index in [0.29, 0.717) is 11.8 Å². The molecule has 0 aromatic heterocycles. The highest BCUT2D eigenvalue weighted by Gasteiger charge is 2.30. The zero-order valence-electron chi connectivity index (χ0n) is 9.58. The molecular weight excluding hydrogens is 206 g/mol. The maximum Gasteiger partial charge on any atom is 0.149 e. The third-order valence-corrected chi connectivity index (χ3v) is 4.89. The second kappa shape index (κ2) is 5.35. The minimum absolute atomic E-state index is 0.233. The molecule has 0 radical (unpaired) electrons. The third-order valence-electron chi connectivity index (χ3n) is 3.75. The molecular formula is C12H21NOS. The number of hydrogen-bond acceptors (Lipinski definition) is 3. The van der Waals surface area contributed by atoms with Crippen LogP contribution >= 0.6 is 11.8 Å². The number of ketones is 1. The van der Waals surface area contributed by atoms with Crippen molar-refractivity contribution in [3.63, 3.8) is 0 Å². The molecule has 86 valence electrons. The van der Waals surface area contributed by atoms with E-state index in [-0.39, 0.29) is 6.04 Å². The average molecular weight is 227 g/mol. The van der Waals surface area contributed by atoms with Crippen LogP contribution in [0.5, 0.6) is 0 Å². The van der Waals surface area contributed by atoms with Gasteiger partial charge >= 0.3 is 0 Å². The van der Waals surface area contributed by atoms with Crippen molar-refractivity contribution in [3.8, 4) is 0 Å². The molecule has 0 aromatic carbocycles. The predicted octanol–water partition coefficient (Wildman–Crippen LogP) is 2.33. The number of carbonyl (C=O) groups is 1. The molecule has 2 unspecified atom stereocenters. The first-order chi connectivity index (χ1) is 7.29. The molecule has 15 heavy (non-hydrogen) atoms. The largest absolute Gasteiger partial charge is 0.298 e. The molecule has 1 aliphatic carbocycles. The Morgan fingerprint density at radius 2 is 2.13 bits per heavy atom. The van der Waals surface area contributed by atoms with Crippen LogP contribution in [0.3, 0.4) is 0 Å². The van der Waals surface area contributed by atoms with Gasteiger partial charge in [-0.2, -0.15) is 11.8 Å². The van der Waals surface area contributed by atoms with Gasteiger partial charge in [0.25, 0.3) is 0 Å². The minimum Gasteiger partial charge on any atom is -0.298 e. The van der Waals surface area contributed by atoms with Crippen LogP contribution in [0.1, 0.15) is 38.5 Å². The van der Waals surface area contributed by atoms with Crippen LogP contribution < -0.4 is 0 Å². The number of thioether (sulfide) groups is 1. The number of nitrogens with zero attached hydrogens (tertiary/aromatic N) is 1. The summed E-state index contributed by atoms with van der Waals surface area (Å²) in [5.41, 5.74) is 0. The Morgan fingerprint density at radius 3 is 2.87 bits per heavy atom. The van der Waals surface area contributed by atoms with Crippen molar-refractivity contribution in [1.82, 2.24) is 4.90 Å². The molecule has 0 bridgehead atoms. The molecule has 2 atom stereocenters. The van der Waals surface area contributed by atoms with E-state index in [9.17, 15) is 4.79 Å². The molecule has 1 aliphatic heterocycles. The molecule has 2 fully saturated rings. The van der Waals surface area contributed by atoms with E-state index in [1.165, 1.54) is 30.8 Å². The van der Waals surface area contributed by atoms with Crippen LogP contribution in [-0.2, 0) is 4.79 Å². The van der Waals surface area contributed by atoms with Crippen LogP contribution in [0.2, 0.25) is 0 Å². The summed E-state index contributed by atoms with van der Waals surface area (Å²) in [5, 5.41) is 0. The summed E-state index contributed by atoms with van der Waals surface area (Å²) in [5.74, 6) is 2.99. The highest BCUT2D eigenvalue weighted by atomic mass is 32.2. The summed E-state index contributed by atoms with van der Waals surface area (Å²) in [6, 6.07) is 0.887. The highest BCUT2D eigenvalue weighted by Crippen LogP contribution is 2.26. The van der Waals surface area contributed by atoms with Gasteiger partial charge in [0.05, 0.1) is 6.04 Å². The Morgan fingerprint density at radius 1 is 1.27 bits per heavy atom.